The van der Waals surface area contributed by atoms with Crippen molar-refractivity contribution in [2.24, 2.45) is 0 Å². The summed E-state index contributed by atoms with van der Waals surface area (Å²) in [5.41, 5.74) is 3.04. The maximum absolute atomic E-state index is 12.6. The number of carbonyl (C=O) groups excluding carboxylic acids is 1. The van der Waals surface area contributed by atoms with Crippen LogP contribution in [0, 0.1) is 0 Å². The highest BCUT2D eigenvalue weighted by Crippen LogP contribution is 2.28. The molecule has 0 spiro atoms. The van der Waals surface area contributed by atoms with Gasteiger partial charge in [-0.3, -0.25) is 9.69 Å². The third-order valence-corrected chi connectivity index (χ3v) is 5.44. The van der Waals surface area contributed by atoms with Crippen LogP contribution in [0.15, 0.2) is 18.2 Å². The monoisotopic (exact) mass is 316 g/mol. The number of benzene rings is 1. The summed E-state index contributed by atoms with van der Waals surface area (Å²) in [5.74, 6) is 0.0105. The van der Waals surface area contributed by atoms with Crippen molar-refractivity contribution in [3.63, 3.8) is 0 Å². The van der Waals surface area contributed by atoms with Crippen molar-refractivity contribution in [1.82, 2.24) is 10.2 Å². The minimum Gasteiger partial charge on any atom is -0.392 e. The van der Waals surface area contributed by atoms with Gasteiger partial charge in [0.25, 0.3) is 5.91 Å². The number of β-amino-alcohol motifs (C(OH)–C–C–N with tert-alkyl or cyclic N) is 1. The molecule has 1 saturated carbocycles. The van der Waals surface area contributed by atoms with Crippen molar-refractivity contribution in [2.45, 2.75) is 57.1 Å². The Morgan fingerprint density at radius 1 is 1.22 bits per heavy atom. The molecule has 1 amide bonds. The first-order valence-corrected chi connectivity index (χ1v) is 8.63. The topological polar surface area (TPSA) is 61.8 Å². The standard InChI is InChI=1S/C18H24N2O3/c21-15-6-7-20(9-15)17-3-1-2-16(17)19-18(22)12-4-5-13-10-23-11-14(13)8-12/h4-5,8,15-17,21H,1-3,6-7,9-11H2,(H,19,22)/t15?,16-,17+/m1/s1. The highest BCUT2D eigenvalue weighted by Gasteiger charge is 2.36. The van der Waals surface area contributed by atoms with Gasteiger partial charge in [-0.1, -0.05) is 6.07 Å². The first-order chi connectivity index (χ1) is 11.2. The van der Waals surface area contributed by atoms with Crippen molar-refractivity contribution >= 4 is 5.91 Å². The molecule has 0 bridgehead atoms. The zero-order valence-corrected chi connectivity index (χ0v) is 13.3. The average Bonchev–Trinajstić information content (AvgIpc) is 3.26. The number of amides is 1. The van der Waals surface area contributed by atoms with Crippen LogP contribution in [-0.4, -0.2) is 47.2 Å². The van der Waals surface area contributed by atoms with E-state index >= 15 is 0 Å². The lowest BCUT2D eigenvalue weighted by Gasteiger charge is -2.29. The molecule has 1 aliphatic carbocycles. The largest absolute Gasteiger partial charge is 0.392 e. The molecule has 124 valence electrons. The summed E-state index contributed by atoms with van der Waals surface area (Å²) in [6.45, 7) is 2.94. The first-order valence-electron chi connectivity index (χ1n) is 8.63. The first kappa shape index (κ1) is 15.1. The molecule has 1 aromatic rings. The van der Waals surface area contributed by atoms with Gasteiger partial charge >= 0.3 is 0 Å². The Labute approximate surface area is 136 Å². The number of likely N-dealkylation sites (tertiary alicyclic amines) is 1. The van der Waals surface area contributed by atoms with E-state index in [0.717, 1.165) is 49.9 Å². The minimum atomic E-state index is -0.205. The van der Waals surface area contributed by atoms with E-state index in [1.54, 1.807) is 0 Å². The van der Waals surface area contributed by atoms with E-state index in [2.05, 4.69) is 10.2 Å². The maximum Gasteiger partial charge on any atom is 0.251 e. The Balaban J connectivity index is 1.43. The number of hydrogen-bond acceptors (Lipinski definition) is 4. The molecule has 1 aromatic carbocycles. The second kappa shape index (κ2) is 6.23. The summed E-state index contributed by atoms with van der Waals surface area (Å²) in [5, 5.41) is 13.0. The predicted octanol–water partition coefficient (Wildman–Crippen LogP) is 1.43. The summed E-state index contributed by atoms with van der Waals surface area (Å²) in [6.07, 6.45) is 3.92. The lowest BCUT2D eigenvalue weighted by molar-refractivity contribution is 0.0905. The Bertz CT molecular complexity index is 604. The molecule has 23 heavy (non-hydrogen) atoms. The van der Waals surface area contributed by atoms with Crippen LogP contribution in [0.3, 0.4) is 0 Å². The number of carbonyl (C=O) groups is 1. The van der Waals surface area contributed by atoms with Crippen LogP contribution < -0.4 is 5.32 Å². The summed E-state index contributed by atoms with van der Waals surface area (Å²) in [6, 6.07) is 6.42. The van der Waals surface area contributed by atoms with E-state index in [9.17, 15) is 9.90 Å². The fourth-order valence-corrected chi connectivity index (χ4v) is 4.18. The number of nitrogens with one attached hydrogen (secondary N) is 1. The highest BCUT2D eigenvalue weighted by atomic mass is 16.5. The van der Waals surface area contributed by atoms with Crippen LogP contribution in [-0.2, 0) is 18.0 Å². The van der Waals surface area contributed by atoms with Crippen LogP contribution in [0.1, 0.15) is 47.2 Å². The van der Waals surface area contributed by atoms with Crippen molar-refractivity contribution in [2.75, 3.05) is 13.1 Å². The molecular formula is C18H24N2O3. The fourth-order valence-electron chi connectivity index (χ4n) is 4.18. The van der Waals surface area contributed by atoms with Gasteiger partial charge in [-0.2, -0.15) is 0 Å². The third-order valence-electron chi connectivity index (χ3n) is 5.44. The Morgan fingerprint density at radius 3 is 2.91 bits per heavy atom. The number of aliphatic hydroxyl groups is 1. The normalized spacial score (nSPS) is 30.6. The Kier molecular flexibility index (Phi) is 4.09. The molecule has 4 rings (SSSR count). The summed E-state index contributed by atoms with van der Waals surface area (Å²) in [4.78, 5) is 15.0. The quantitative estimate of drug-likeness (QED) is 0.886. The second-order valence-electron chi connectivity index (χ2n) is 6.99. The molecule has 2 N–H and O–H groups in total. The van der Waals surface area contributed by atoms with Gasteiger partial charge in [0.15, 0.2) is 0 Å². The Hall–Kier alpha value is -1.43. The number of nitrogens with zero attached hydrogens (tertiary/aromatic N) is 1. The molecule has 1 unspecified atom stereocenters. The predicted molar refractivity (Wildman–Crippen MR) is 86.0 cm³/mol. The van der Waals surface area contributed by atoms with Gasteiger partial charge in [0, 0.05) is 30.7 Å². The van der Waals surface area contributed by atoms with E-state index in [0.29, 0.717) is 19.3 Å². The van der Waals surface area contributed by atoms with Crippen LogP contribution in [0.25, 0.3) is 0 Å². The molecule has 1 saturated heterocycles. The minimum absolute atomic E-state index is 0.0105. The number of ether oxygens (including phenoxy) is 1. The number of rotatable bonds is 3. The van der Waals surface area contributed by atoms with Crippen molar-refractivity contribution in [3.05, 3.63) is 34.9 Å². The fraction of sp³-hybridized carbons (Fsp3) is 0.611. The van der Waals surface area contributed by atoms with E-state index < -0.39 is 0 Å². The van der Waals surface area contributed by atoms with E-state index in [1.807, 2.05) is 18.2 Å². The summed E-state index contributed by atoms with van der Waals surface area (Å²) in [7, 11) is 0. The Morgan fingerprint density at radius 2 is 2.09 bits per heavy atom. The molecule has 5 nitrogen and oxygen atoms in total. The van der Waals surface area contributed by atoms with Gasteiger partial charge in [-0.25, -0.2) is 0 Å². The van der Waals surface area contributed by atoms with Gasteiger partial charge in [0.05, 0.1) is 19.3 Å². The molecule has 2 heterocycles. The summed E-state index contributed by atoms with van der Waals surface area (Å²) >= 11 is 0. The van der Waals surface area contributed by atoms with Gasteiger partial charge in [0.2, 0.25) is 0 Å². The molecule has 2 aliphatic heterocycles. The lowest BCUT2D eigenvalue weighted by Crippen LogP contribution is -2.48. The van der Waals surface area contributed by atoms with Crippen LogP contribution >= 0.6 is 0 Å². The van der Waals surface area contributed by atoms with Gasteiger partial charge in [-0.05, 0) is 48.9 Å². The molecule has 3 aliphatic rings. The summed E-state index contributed by atoms with van der Waals surface area (Å²) < 4.78 is 5.42. The van der Waals surface area contributed by atoms with Gasteiger partial charge in [0.1, 0.15) is 0 Å². The molecule has 0 radical (unpaired) electrons. The number of hydrogen-bond donors (Lipinski definition) is 2. The van der Waals surface area contributed by atoms with Crippen LogP contribution in [0.5, 0.6) is 0 Å². The maximum atomic E-state index is 12.6. The lowest BCUT2D eigenvalue weighted by atomic mass is 10.0. The molecule has 0 aromatic heterocycles. The number of fused-ring (bicyclic) bond motifs is 1. The zero-order chi connectivity index (χ0) is 15.8. The van der Waals surface area contributed by atoms with E-state index in [4.69, 9.17) is 4.74 Å². The van der Waals surface area contributed by atoms with Gasteiger partial charge < -0.3 is 15.2 Å². The highest BCUT2D eigenvalue weighted by molar-refractivity contribution is 5.94. The van der Waals surface area contributed by atoms with Crippen LogP contribution in [0.4, 0.5) is 0 Å². The number of aliphatic hydroxyl groups excluding tert-OH is 1. The van der Waals surface area contributed by atoms with E-state index in [-0.39, 0.29) is 18.1 Å². The van der Waals surface area contributed by atoms with E-state index in [1.165, 1.54) is 5.56 Å². The molecule has 2 fully saturated rings. The smallest absolute Gasteiger partial charge is 0.251 e. The zero-order valence-electron chi connectivity index (χ0n) is 13.3. The molecular weight excluding hydrogens is 292 g/mol. The molecule has 5 heteroatoms. The van der Waals surface area contributed by atoms with Gasteiger partial charge in [-0.15, -0.1) is 0 Å². The molecule has 3 atom stereocenters. The second-order valence-corrected chi connectivity index (χ2v) is 6.99. The van der Waals surface area contributed by atoms with Crippen molar-refractivity contribution in [1.29, 1.82) is 0 Å². The SMILES string of the molecule is O=C(N[C@@H]1CCC[C@@H]1N1CCC(O)C1)c1ccc2c(c1)COC2. The van der Waals surface area contributed by atoms with Crippen LogP contribution in [0.2, 0.25) is 0 Å². The van der Waals surface area contributed by atoms with Crippen molar-refractivity contribution < 1.29 is 14.6 Å². The average molecular weight is 316 g/mol. The van der Waals surface area contributed by atoms with Crippen molar-refractivity contribution in [3.8, 4) is 0 Å². The third kappa shape index (κ3) is 3.01.